The quantitative estimate of drug-likeness (QED) is 0.176. The van der Waals surface area contributed by atoms with E-state index in [1.54, 1.807) is 0 Å². The summed E-state index contributed by atoms with van der Waals surface area (Å²) >= 11 is 0. The first-order chi connectivity index (χ1) is 5.00. The number of nitrogens with zero attached hydrogens (tertiary/aromatic N) is 1. The molecule has 0 radical (unpaired) electrons. The molecular formula is C4H3NO6. The van der Waals surface area contributed by atoms with Gasteiger partial charge in [-0.1, -0.05) is 0 Å². The molecule has 1 N–H and O–H groups in total. The molecule has 0 spiro atoms. The Morgan fingerprint density at radius 1 is 1.55 bits per heavy atom. The second-order valence-electron chi connectivity index (χ2n) is 1.55. The van der Waals surface area contributed by atoms with E-state index in [2.05, 4.69) is 0 Å². The standard InChI is InChI=1S/C4H3NO6/c6-1-2(7)3(4(8)9)5(10)11/h1,3H,(H,8,9)/t3-/m0/s1. The fraction of sp³-hybridized carbons (Fsp3) is 0.250. The molecule has 0 aliphatic carbocycles. The van der Waals surface area contributed by atoms with E-state index in [9.17, 15) is 24.5 Å². The Hall–Kier alpha value is -1.79. The number of hydrogen-bond acceptors (Lipinski definition) is 5. The van der Waals surface area contributed by atoms with Gasteiger partial charge in [0.15, 0.2) is 6.29 Å². The molecule has 0 aromatic heterocycles. The van der Waals surface area contributed by atoms with E-state index in [0.717, 1.165) is 0 Å². The van der Waals surface area contributed by atoms with Gasteiger partial charge in [-0.15, -0.1) is 0 Å². The van der Waals surface area contributed by atoms with Crippen LogP contribution in [-0.4, -0.2) is 34.1 Å². The molecule has 1 atom stereocenters. The van der Waals surface area contributed by atoms with Crippen LogP contribution >= 0.6 is 0 Å². The number of carbonyl (C=O) groups excluding carboxylic acids is 2. The van der Waals surface area contributed by atoms with E-state index in [4.69, 9.17) is 5.11 Å². The van der Waals surface area contributed by atoms with Crippen molar-refractivity contribution in [2.24, 2.45) is 0 Å². The van der Waals surface area contributed by atoms with Crippen LogP contribution in [0.3, 0.4) is 0 Å². The van der Waals surface area contributed by atoms with Crippen molar-refractivity contribution in [2.45, 2.75) is 6.04 Å². The minimum atomic E-state index is -2.47. The van der Waals surface area contributed by atoms with E-state index < -0.39 is 22.7 Å². The summed E-state index contributed by atoms with van der Waals surface area (Å²) in [5.41, 5.74) is 0. The van der Waals surface area contributed by atoms with E-state index in [1.807, 2.05) is 0 Å². The monoisotopic (exact) mass is 161 g/mol. The lowest BCUT2D eigenvalue weighted by molar-refractivity contribution is -0.495. The fourth-order valence-electron chi connectivity index (χ4n) is 0.380. The number of carboxylic acid groups (broad SMARTS) is 1. The third-order valence-corrected chi connectivity index (χ3v) is 0.830. The maximum absolute atomic E-state index is 10.2. The Labute approximate surface area is 59.8 Å². The minimum absolute atomic E-state index is 0.387. The molecule has 0 unspecified atom stereocenters. The highest BCUT2D eigenvalue weighted by molar-refractivity contribution is 6.31. The summed E-state index contributed by atoms with van der Waals surface area (Å²) in [4.78, 5) is 38.2. The molecule has 0 saturated heterocycles. The van der Waals surface area contributed by atoms with Gasteiger partial charge in [0.25, 0.3) is 5.78 Å². The SMILES string of the molecule is O=CC(=O)[C@@H](C(=O)O)[N+](=O)[O-]. The van der Waals surface area contributed by atoms with Crippen molar-refractivity contribution in [3.8, 4) is 0 Å². The van der Waals surface area contributed by atoms with Gasteiger partial charge in [0.1, 0.15) is 0 Å². The van der Waals surface area contributed by atoms with Gasteiger partial charge in [0, 0.05) is 4.92 Å². The zero-order valence-corrected chi connectivity index (χ0v) is 5.09. The number of aldehydes is 1. The number of aliphatic carboxylic acids is 1. The van der Waals surface area contributed by atoms with Crippen LogP contribution in [0.4, 0.5) is 0 Å². The van der Waals surface area contributed by atoms with Gasteiger partial charge >= 0.3 is 12.0 Å². The zero-order valence-electron chi connectivity index (χ0n) is 5.09. The lowest BCUT2D eigenvalue weighted by atomic mass is 10.2. The molecule has 7 nitrogen and oxygen atoms in total. The van der Waals surface area contributed by atoms with E-state index in [-0.39, 0.29) is 6.29 Å². The smallest absolute Gasteiger partial charge is 0.388 e. The highest BCUT2D eigenvalue weighted by Gasteiger charge is 2.37. The molecule has 0 saturated carbocycles. The highest BCUT2D eigenvalue weighted by Crippen LogP contribution is 1.90. The largest absolute Gasteiger partial charge is 0.476 e. The van der Waals surface area contributed by atoms with Crippen LogP contribution in [0.25, 0.3) is 0 Å². The molecule has 0 aliphatic rings. The molecule has 7 heteroatoms. The van der Waals surface area contributed by atoms with E-state index >= 15 is 0 Å². The summed E-state index contributed by atoms with van der Waals surface area (Å²) in [6.07, 6.45) is -0.387. The molecule has 0 aromatic rings. The number of hydrogen-bond donors (Lipinski definition) is 1. The van der Waals surface area contributed by atoms with Gasteiger partial charge < -0.3 is 5.11 Å². The summed E-state index contributed by atoms with van der Waals surface area (Å²) in [6.45, 7) is 0. The van der Waals surface area contributed by atoms with Crippen molar-refractivity contribution in [1.29, 1.82) is 0 Å². The normalized spacial score (nSPS) is 11.6. The lowest BCUT2D eigenvalue weighted by Gasteiger charge is -1.96. The van der Waals surface area contributed by atoms with Crippen molar-refractivity contribution >= 4 is 18.0 Å². The summed E-state index contributed by atoms with van der Waals surface area (Å²) in [6, 6.07) is -2.47. The molecular weight excluding hydrogens is 158 g/mol. The maximum Gasteiger partial charge on any atom is 0.388 e. The van der Waals surface area contributed by atoms with Gasteiger partial charge in [0.2, 0.25) is 0 Å². The molecule has 0 fully saturated rings. The highest BCUT2D eigenvalue weighted by atomic mass is 16.6. The topological polar surface area (TPSA) is 115 Å². The second kappa shape index (κ2) is 3.40. The van der Waals surface area contributed by atoms with Crippen LogP contribution in [0.15, 0.2) is 0 Å². The predicted molar refractivity (Wildman–Crippen MR) is 29.5 cm³/mol. The number of ketones is 1. The first-order valence-corrected chi connectivity index (χ1v) is 2.36. The average Bonchev–Trinajstić information content (AvgIpc) is 1.85. The van der Waals surface area contributed by atoms with Gasteiger partial charge in [-0.2, -0.15) is 0 Å². The van der Waals surface area contributed by atoms with E-state index in [1.165, 1.54) is 0 Å². The second-order valence-corrected chi connectivity index (χ2v) is 1.55. The summed E-state index contributed by atoms with van der Waals surface area (Å²) in [7, 11) is 0. The van der Waals surface area contributed by atoms with Crippen molar-refractivity contribution in [3.05, 3.63) is 10.1 Å². The molecule has 60 valence electrons. The first-order valence-electron chi connectivity index (χ1n) is 2.36. The molecule has 0 rings (SSSR count). The summed E-state index contributed by atoms with van der Waals surface area (Å²) in [5.74, 6) is -3.51. The number of carboxylic acids is 1. The van der Waals surface area contributed by atoms with Crippen molar-refractivity contribution in [1.82, 2.24) is 0 Å². The van der Waals surface area contributed by atoms with Crippen LogP contribution < -0.4 is 0 Å². The molecule has 0 aromatic carbocycles. The van der Waals surface area contributed by atoms with Crippen molar-refractivity contribution < 1.29 is 24.4 Å². The van der Waals surface area contributed by atoms with Crippen LogP contribution in [-0.2, 0) is 14.4 Å². The number of carbonyl (C=O) groups is 3. The van der Waals surface area contributed by atoms with E-state index in [0.29, 0.717) is 0 Å². The molecule has 0 bridgehead atoms. The first kappa shape index (κ1) is 9.21. The van der Waals surface area contributed by atoms with Gasteiger partial charge in [-0.3, -0.25) is 19.7 Å². The van der Waals surface area contributed by atoms with Crippen molar-refractivity contribution in [3.63, 3.8) is 0 Å². The third kappa shape index (κ3) is 2.12. The minimum Gasteiger partial charge on any atom is -0.476 e. The Kier molecular flexibility index (Phi) is 2.84. The molecule has 11 heavy (non-hydrogen) atoms. The Morgan fingerprint density at radius 2 is 2.00 bits per heavy atom. The number of nitro groups is 1. The Morgan fingerprint density at radius 3 is 2.09 bits per heavy atom. The van der Waals surface area contributed by atoms with Crippen molar-refractivity contribution in [2.75, 3.05) is 0 Å². The van der Waals surface area contributed by atoms with Gasteiger partial charge in [-0.25, -0.2) is 4.79 Å². The fourth-order valence-corrected chi connectivity index (χ4v) is 0.380. The lowest BCUT2D eigenvalue weighted by Crippen LogP contribution is -2.37. The Balaban J connectivity index is 4.60. The average molecular weight is 161 g/mol. The summed E-state index contributed by atoms with van der Waals surface area (Å²) < 4.78 is 0. The molecule has 0 aliphatic heterocycles. The van der Waals surface area contributed by atoms with Crippen LogP contribution in [0.2, 0.25) is 0 Å². The van der Waals surface area contributed by atoms with Gasteiger partial charge in [0.05, 0.1) is 0 Å². The van der Waals surface area contributed by atoms with Crippen LogP contribution in [0, 0.1) is 10.1 Å². The molecule has 0 amide bonds. The summed E-state index contributed by atoms with van der Waals surface area (Å²) in [5, 5.41) is 17.8. The van der Waals surface area contributed by atoms with Crippen LogP contribution in [0.5, 0.6) is 0 Å². The number of Topliss-reactive ketones (excluding diaryl/α,β-unsaturated/α-hetero) is 1. The Bertz CT molecular complexity index is 207. The number of rotatable bonds is 4. The third-order valence-electron chi connectivity index (χ3n) is 0.830. The zero-order chi connectivity index (χ0) is 9.02. The van der Waals surface area contributed by atoms with Gasteiger partial charge in [-0.05, 0) is 0 Å². The maximum atomic E-state index is 10.2. The molecule has 0 heterocycles. The predicted octanol–water partition coefficient (Wildman–Crippen LogP) is -1.52. The van der Waals surface area contributed by atoms with Crippen LogP contribution in [0.1, 0.15) is 0 Å².